The molecule has 0 aromatic carbocycles. The molecule has 0 radical (unpaired) electrons. The standard InChI is InChI=1S/C39H58O13/c1-10-39-16-22(42)31(38(9,49)26(43)13-14-34(3,4)52-19(2)41)36(39,7)17-27(44)37(8)21-15-23(32(48)35(5,6)20(21)11-12-25(37)39)50-33-30(47)29(46)28(45)24(18-40)51-33/h11,13-14,21-25,28-31,33,40,42,45-47,49H,10,12,15-18H2,1-9H3/b14-13+/t21-,22-,23+,24?,25-,28?,29?,30?,31+,33?,36-,37+,38+,39+/m1/s1. The predicted molar refractivity (Wildman–Crippen MR) is 185 cm³/mol. The number of hydrogen-bond donors (Lipinski definition) is 6. The second-order valence-corrected chi connectivity index (χ2v) is 17.6. The summed E-state index contributed by atoms with van der Waals surface area (Å²) in [4.78, 5) is 54.3. The van der Waals surface area contributed by atoms with E-state index in [2.05, 4.69) is 0 Å². The third-order valence-corrected chi connectivity index (χ3v) is 14.0. The van der Waals surface area contributed by atoms with Gasteiger partial charge in [-0.2, -0.15) is 0 Å². The Balaban J connectivity index is 1.51. The summed E-state index contributed by atoms with van der Waals surface area (Å²) in [6.07, 6.45) is -4.28. The minimum Gasteiger partial charge on any atom is -0.456 e. The van der Waals surface area contributed by atoms with E-state index < -0.39 is 106 Å². The third-order valence-electron chi connectivity index (χ3n) is 14.0. The van der Waals surface area contributed by atoms with Gasteiger partial charge in [0.15, 0.2) is 17.9 Å². The molecular formula is C39H58O13. The van der Waals surface area contributed by atoms with Crippen molar-refractivity contribution in [3.8, 4) is 0 Å². The van der Waals surface area contributed by atoms with Gasteiger partial charge in [-0.1, -0.05) is 32.4 Å². The molecule has 4 fully saturated rings. The quantitative estimate of drug-likeness (QED) is 0.113. The summed E-state index contributed by atoms with van der Waals surface area (Å²) in [5, 5.41) is 65.0. The van der Waals surface area contributed by atoms with Crippen molar-refractivity contribution in [2.75, 3.05) is 6.61 Å². The molecule has 292 valence electrons. The predicted octanol–water partition coefficient (Wildman–Crippen LogP) is 1.71. The molecule has 0 spiro atoms. The molecule has 6 N–H and O–H groups in total. The minimum atomic E-state index is -2.08. The van der Waals surface area contributed by atoms with Gasteiger partial charge < -0.3 is 44.8 Å². The highest BCUT2D eigenvalue weighted by Crippen LogP contribution is 2.75. The molecule has 5 aliphatic rings. The van der Waals surface area contributed by atoms with Crippen molar-refractivity contribution in [2.24, 2.45) is 39.4 Å². The molecule has 4 aliphatic carbocycles. The summed E-state index contributed by atoms with van der Waals surface area (Å²) >= 11 is 0. The fourth-order valence-electron chi connectivity index (χ4n) is 11.4. The molecule has 5 unspecified atom stereocenters. The van der Waals surface area contributed by atoms with Gasteiger partial charge in [0.1, 0.15) is 47.5 Å². The van der Waals surface area contributed by atoms with Gasteiger partial charge in [0, 0.05) is 30.1 Å². The maximum absolute atomic E-state index is 14.9. The van der Waals surface area contributed by atoms with Crippen molar-refractivity contribution in [3.05, 3.63) is 23.8 Å². The van der Waals surface area contributed by atoms with Crippen molar-refractivity contribution < 1.29 is 64.0 Å². The zero-order chi connectivity index (χ0) is 39.1. The fraction of sp³-hybridized carbons (Fsp3) is 0.795. The van der Waals surface area contributed by atoms with Crippen LogP contribution in [0, 0.1) is 39.4 Å². The molecule has 0 amide bonds. The minimum absolute atomic E-state index is 0.0436. The highest BCUT2D eigenvalue weighted by molar-refractivity contribution is 5.98. The molecular weight excluding hydrogens is 676 g/mol. The maximum Gasteiger partial charge on any atom is 0.303 e. The molecule has 13 heteroatoms. The van der Waals surface area contributed by atoms with Crippen LogP contribution in [0.15, 0.2) is 23.8 Å². The van der Waals surface area contributed by atoms with Crippen molar-refractivity contribution in [1.29, 1.82) is 0 Å². The average molecular weight is 735 g/mol. The molecule has 13 nitrogen and oxygen atoms in total. The Labute approximate surface area is 305 Å². The number of carbonyl (C=O) groups excluding carboxylic acids is 4. The summed E-state index contributed by atoms with van der Waals surface area (Å²) < 4.78 is 17.0. The van der Waals surface area contributed by atoms with Crippen LogP contribution in [0.4, 0.5) is 0 Å². The van der Waals surface area contributed by atoms with Crippen LogP contribution in [0.5, 0.6) is 0 Å². The Bertz CT molecular complexity index is 1530. The maximum atomic E-state index is 14.9. The molecule has 3 saturated carbocycles. The first-order valence-corrected chi connectivity index (χ1v) is 18.4. The lowest BCUT2D eigenvalue weighted by Gasteiger charge is -2.65. The van der Waals surface area contributed by atoms with E-state index in [9.17, 15) is 49.8 Å². The lowest BCUT2D eigenvalue weighted by molar-refractivity contribution is -0.311. The van der Waals surface area contributed by atoms with E-state index in [1.807, 2.05) is 26.8 Å². The van der Waals surface area contributed by atoms with Crippen molar-refractivity contribution in [2.45, 2.75) is 149 Å². The van der Waals surface area contributed by atoms with E-state index in [1.165, 1.54) is 26.0 Å². The van der Waals surface area contributed by atoms with Crippen molar-refractivity contribution in [1.82, 2.24) is 0 Å². The number of aliphatic hydroxyl groups is 6. The highest BCUT2D eigenvalue weighted by Gasteiger charge is 2.75. The van der Waals surface area contributed by atoms with Crippen LogP contribution in [0.1, 0.15) is 94.4 Å². The number of hydrogen-bond acceptors (Lipinski definition) is 13. The summed E-state index contributed by atoms with van der Waals surface area (Å²) in [5.74, 6) is -3.51. The van der Waals surface area contributed by atoms with Gasteiger partial charge in [-0.3, -0.25) is 19.2 Å². The van der Waals surface area contributed by atoms with Crippen LogP contribution in [0.3, 0.4) is 0 Å². The Hall–Kier alpha value is -2.36. The van der Waals surface area contributed by atoms with Crippen LogP contribution >= 0.6 is 0 Å². The first-order valence-electron chi connectivity index (χ1n) is 18.4. The molecule has 0 aromatic rings. The molecule has 14 atom stereocenters. The van der Waals surface area contributed by atoms with Gasteiger partial charge in [0.05, 0.1) is 12.7 Å². The third kappa shape index (κ3) is 5.98. The van der Waals surface area contributed by atoms with Crippen LogP contribution in [0.25, 0.3) is 0 Å². The van der Waals surface area contributed by atoms with Gasteiger partial charge in [-0.25, -0.2) is 0 Å². The van der Waals surface area contributed by atoms with Gasteiger partial charge in [0.2, 0.25) is 0 Å². The van der Waals surface area contributed by atoms with E-state index in [-0.39, 0.29) is 36.7 Å². The Morgan fingerprint density at radius 3 is 2.25 bits per heavy atom. The Morgan fingerprint density at radius 2 is 1.67 bits per heavy atom. The summed E-state index contributed by atoms with van der Waals surface area (Å²) in [6.45, 7) is 14.5. The van der Waals surface area contributed by atoms with E-state index in [0.29, 0.717) is 12.8 Å². The smallest absolute Gasteiger partial charge is 0.303 e. The molecule has 5 rings (SSSR count). The number of rotatable bonds is 9. The topological polar surface area (TPSA) is 217 Å². The number of fused-ring (bicyclic) bond motifs is 5. The average Bonchev–Trinajstić information content (AvgIpc) is 3.28. The van der Waals surface area contributed by atoms with Crippen molar-refractivity contribution >= 4 is 23.3 Å². The van der Waals surface area contributed by atoms with E-state index in [1.54, 1.807) is 27.7 Å². The molecule has 1 heterocycles. The van der Waals surface area contributed by atoms with Gasteiger partial charge in [-0.05, 0) is 95.1 Å². The number of esters is 1. The molecule has 0 aromatic heterocycles. The molecule has 0 bridgehead atoms. The number of carbonyl (C=O) groups is 4. The molecule has 1 aliphatic heterocycles. The van der Waals surface area contributed by atoms with Gasteiger partial charge >= 0.3 is 5.97 Å². The van der Waals surface area contributed by atoms with Crippen LogP contribution in [-0.2, 0) is 33.4 Å². The first-order chi connectivity index (χ1) is 23.9. The zero-order valence-electron chi connectivity index (χ0n) is 31.8. The SMILES string of the molecule is CC[C@@]12C[C@@H](O)[C@H]([C@@](C)(O)C(=O)/C=C/C(C)(C)OC(C)=O)[C@@]1(C)CC(=O)[C@@]1(C)[C@@H]3C[C@H](OC4OC(CO)C(O)C(O)C4O)C(=O)C(C)(C)C3=CC[C@H]12. The fourth-order valence-corrected chi connectivity index (χ4v) is 11.4. The Kier molecular flexibility index (Phi) is 10.5. The largest absolute Gasteiger partial charge is 0.456 e. The van der Waals surface area contributed by atoms with Crippen LogP contribution in [0.2, 0.25) is 0 Å². The summed E-state index contributed by atoms with van der Waals surface area (Å²) in [7, 11) is 0. The second kappa shape index (κ2) is 13.4. The summed E-state index contributed by atoms with van der Waals surface area (Å²) in [5.41, 5.74) is -6.28. The summed E-state index contributed by atoms with van der Waals surface area (Å²) in [6, 6.07) is 0. The van der Waals surface area contributed by atoms with Gasteiger partial charge in [-0.15, -0.1) is 0 Å². The molecule has 52 heavy (non-hydrogen) atoms. The van der Waals surface area contributed by atoms with Gasteiger partial charge in [0.25, 0.3) is 0 Å². The Morgan fingerprint density at radius 1 is 1.04 bits per heavy atom. The number of aliphatic hydroxyl groups excluding tert-OH is 5. The number of ketones is 3. The van der Waals surface area contributed by atoms with Crippen LogP contribution in [-0.4, -0.2) is 115 Å². The number of ether oxygens (including phenoxy) is 3. The number of Topliss-reactive ketones (excluding diaryl/α,β-unsaturated/α-hetero) is 2. The lowest BCUT2D eigenvalue weighted by atomic mass is 9.37. The van der Waals surface area contributed by atoms with Crippen molar-refractivity contribution in [3.63, 3.8) is 0 Å². The van der Waals surface area contributed by atoms with E-state index in [4.69, 9.17) is 14.2 Å². The zero-order valence-corrected chi connectivity index (χ0v) is 31.8. The highest BCUT2D eigenvalue weighted by atomic mass is 16.7. The first kappa shape index (κ1) is 40.8. The number of allylic oxidation sites excluding steroid dienone is 2. The monoisotopic (exact) mass is 734 g/mol. The second-order valence-electron chi connectivity index (χ2n) is 17.6. The van der Waals surface area contributed by atoms with Crippen LogP contribution < -0.4 is 0 Å². The molecule has 1 saturated heterocycles. The normalized spacial score (nSPS) is 44.3. The lowest BCUT2D eigenvalue weighted by Crippen LogP contribution is -2.66. The van der Waals surface area contributed by atoms with E-state index in [0.717, 1.165) is 5.57 Å². The van der Waals surface area contributed by atoms with E-state index >= 15 is 0 Å².